The molecular weight excluding hydrogens is 199 g/mol. The highest BCUT2D eigenvalue weighted by molar-refractivity contribution is 5.80. The zero-order chi connectivity index (χ0) is 11.1. The Labute approximate surface area is 86.2 Å². The lowest BCUT2D eigenvalue weighted by Gasteiger charge is -2.30. The van der Waals surface area contributed by atoms with E-state index in [2.05, 4.69) is 0 Å². The second-order valence-corrected chi connectivity index (χ2v) is 3.82. The van der Waals surface area contributed by atoms with E-state index in [1.807, 2.05) is 0 Å². The summed E-state index contributed by atoms with van der Waals surface area (Å²) in [5, 5.41) is 18.9. The molecule has 2 rings (SSSR count). The van der Waals surface area contributed by atoms with Gasteiger partial charge in [-0.05, 0) is 37.0 Å². The predicted molar refractivity (Wildman–Crippen MR) is 50.9 cm³/mol. The summed E-state index contributed by atoms with van der Waals surface area (Å²) in [4.78, 5) is 11.0. The van der Waals surface area contributed by atoms with Crippen LogP contribution in [0.2, 0.25) is 0 Å². The highest BCUT2D eigenvalue weighted by Gasteiger charge is 2.41. The van der Waals surface area contributed by atoms with Gasteiger partial charge in [-0.3, -0.25) is 0 Å². The Morgan fingerprint density at radius 3 is 2.87 bits per heavy atom. The molecule has 1 aromatic carbocycles. The number of carboxylic acids is 1. The molecule has 0 radical (unpaired) electrons. The summed E-state index contributed by atoms with van der Waals surface area (Å²) in [5.41, 5.74) is -1.01. The maximum absolute atomic E-state index is 13.0. The van der Waals surface area contributed by atoms with Gasteiger partial charge >= 0.3 is 5.97 Å². The maximum Gasteiger partial charge on any atom is 0.340 e. The fourth-order valence-corrected chi connectivity index (χ4v) is 2.04. The van der Waals surface area contributed by atoms with Crippen LogP contribution < -0.4 is 0 Å². The summed E-state index contributed by atoms with van der Waals surface area (Å²) in [6.45, 7) is 0. The van der Waals surface area contributed by atoms with E-state index in [0.29, 0.717) is 18.4 Å². The Morgan fingerprint density at radius 1 is 1.47 bits per heavy atom. The number of aliphatic carboxylic acids is 1. The molecule has 0 aliphatic heterocycles. The van der Waals surface area contributed by atoms with Crippen LogP contribution in [0.1, 0.15) is 24.0 Å². The first kappa shape index (κ1) is 10.1. The Bertz CT molecular complexity index is 416. The fourth-order valence-electron chi connectivity index (χ4n) is 2.04. The van der Waals surface area contributed by atoms with Crippen LogP contribution in [0.5, 0.6) is 0 Å². The second kappa shape index (κ2) is 3.31. The molecule has 0 saturated carbocycles. The van der Waals surface area contributed by atoms with Gasteiger partial charge in [-0.1, -0.05) is 6.07 Å². The molecule has 0 heterocycles. The topological polar surface area (TPSA) is 57.5 Å². The Kier molecular flexibility index (Phi) is 2.23. The van der Waals surface area contributed by atoms with Crippen LogP contribution in [0.25, 0.3) is 0 Å². The van der Waals surface area contributed by atoms with Crippen LogP contribution in [-0.2, 0) is 16.8 Å². The molecule has 1 aliphatic rings. The molecule has 80 valence electrons. The van der Waals surface area contributed by atoms with Gasteiger partial charge < -0.3 is 10.2 Å². The van der Waals surface area contributed by atoms with Crippen molar-refractivity contribution in [2.75, 3.05) is 0 Å². The van der Waals surface area contributed by atoms with Gasteiger partial charge in [-0.2, -0.15) is 0 Å². The lowest BCUT2D eigenvalue weighted by atomic mass is 9.79. The van der Waals surface area contributed by atoms with Crippen LogP contribution in [-0.4, -0.2) is 16.2 Å². The average molecular weight is 210 g/mol. The van der Waals surface area contributed by atoms with Crippen LogP contribution in [0, 0.1) is 5.82 Å². The van der Waals surface area contributed by atoms with Crippen LogP contribution >= 0.6 is 0 Å². The molecule has 2 N–H and O–H groups in total. The van der Waals surface area contributed by atoms with E-state index < -0.39 is 17.4 Å². The van der Waals surface area contributed by atoms with Crippen molar-refractivity contribution in [2.24, 2.45) is 0 Å². The number of aliphatic hydroxyl groups is 1. The number of fused-ring (bicyclic) bond motifs is 1. The Hall–Kier alpha value is -1.42. The summed E-state index contributed by atoms with van der Waals surface area (Å²) >= 11 is 0. The third-order valence-corrected chi connectivity index (χ3v) is 2.86. The highest BCUT2D eigenvalue weighted by atomic mass is 19.1. The SMILES string of the molecule is O=C(O)C1(O)CCCc2ccc(F)cc21. The molecule has 1 atom stereocenters. The van der Waals surface area contributed by atoms with Gasteiger partial charge in [-0.25, -0.2) is 9.18 Å². The van der Waals surface area contributed by atoms with E-state index in [1.54, 1.807) is 0 Å². The van der Waals surface area contributed by atoms with Crippen molar-refractivity contribution in [1.82, 2.24) is 0 Å². The molecule has 0 aromatic heterocycles. The molecule has 1 unspecified atom stereocenters. The fraction of sp³-hybridized carbons (Fsp3) is 0.364. The molecule has 0 saturated heterocycles. The molecule has 1 aliphatic carbocycles. The van der Waals surface area contributed by atoms with Crippen molar-refractivity contribution >= 4 is 5.97 Å². The van der Waals surface area contributed by atoms with Gasteiger partial charge in [0.2, 0.25) is 0 Å². The molecule has 0 amide bonds. The van der Waals surface area contributed by atoms with E-state index in [-0.39, 0.29) is 12.0 Å². The van der Waals surface area contributed by atoms with E-state index >= 15 is 0 Å². The van der Waals surface area contributed by atoms with Crippen molar-refractivity contribution in [3.63, 3.8) is 0 Å². The number of benzene rings is 1. The molecule has 3 nitrogen and oxygen atoms in total. The van der Waals surface area contributed by atoms with Crippen molar-refractivity contribution in [2.45, 2.75) is 24.9 Å². The Morgan fingerprint density at radius 2 is 2.20 bits per heavy atom. The maximum atomic E-state index is 13.0. The normalized spacial score (nSPS) is 24.7. The number of carbonyl (C=O) groups is 1. The largest absolute Gasteiger partial charge is 0.479 e. The number of carboxylic acid groups (broad SMARTS) is 1. The lowest BCUT2D eigenvalue weighted by Crippen LogP contribution is -2.39. The third kappa shape index (κ3) is 1.51. The van der Waals surface area contributed by atoms with Crippen LogP contribution in [0.3, 0.4) is 0 Å². The number of hydrogen-bond acceptors (Lipinski definition) is 2. The van der Waals surface area contributed by atoms with Crippen molar-refractivity contribution in [3.8, 4) is 0 Å². The van der Waals surface area contributed by atoms with Crippen molar-refractivity contribution in [3.05, 3.63) is 35.1 Å². The highest BCUT2D eigenvalue weighted by Crippen LogP contribution is 2.35. The van der Waals surface area contributed by atoms with Gasteiger partial charge in [0.15, 0.2) is 5.60 Å². The monoisotopic (exact) mass is 210 g/mol. The molecule has 1 aromatic rings. The first-order chi connectivity index (χ1) is 7.04. The summed E-state index contributed by atoms with van der Waals surface area (Å²) in [6.07, 6.45) is 1.42. The lowest BCUT2D eigenvalue weighted by molar-refractivity contribution is -0.161. The summed E-state index contributed by atoms with van der Waals surface area (Å²) in [5.74, 6) is -1.83. The minimum Gasteiger partial charge on any atom is -0.479 e. The number of aryl methyl sites for hydroxylation is 1. The van der Waals surface area contributed by atoms with Crippen molar-refractivity contribution < 1.29 is 19.4 Å². The van der Waals surface area contributed by atoms with E-state index in [9.17, 15) is 14.3 Å². The van der Waals surface area contributed by atoms with E-state index in [1.165, 1.54) is 12.1 Å². The number of rotatable bonds is 1. The minimum atomic E-state index is -1.92. The molecule has 0 bridgehead atoms. The standard InChI is InChI=1S/C11H11FO3/c12-8-4-3-7-2-1-5-11(15,10(13)14)9(7)6-8/h3-4,6,15H,1-2,5H2,(H,13,14). The number of hydrogen-bond donors (Lipinski definition) is 2. The van der Waals surface area contributed by atoms with Gasteiger partial charge in [-0.15, -0.1) is 0 Å². The van der Waals surface area contributed by atoms with Gasteiger partial charge in [0.05, 0.1) is 0 Å². The van der Waals surface area contributed by atoms with Crippen molar-refractivity contribution in [1.29, 1.82) is 0 Å². The predicted octanol–water partition coefficient (Wildman–Crippen LogP) is 1.43. The summed E-state index contributed by atoms with van der Waals surface area (Å²) in [6, 6.07) is 3.94. The van der Waals surface area contributed by atoms with Gasteiger partial charge in [0.1, 0.15) is 5.82 Å². The molecular formula is C11H11FO3. The third-order valence-electron chi connectivity index (χ3n) is 2.86. The molecule has 15 heavy (non-hydrogen) atoms. The van der Waals surface area contributed by atoms with Gasteiger partial charge in [0.25, 0.3) is 0 Å². The second-order valence-electron chi connectivity index (χ2n) is 3.82. The zero-order valence-electron chi connectivity index (χ0n) is 8.03. The minimum absolute atomic E-state index is 0.138. The van der Waals surface area contributed by atoms with Gasteiger partial charge in [0, 0.05) is 5.56 Å². The number of halogens is 1. The molecule has 4 heteroatoms. The van der Waals surface area contributed by atoms with E-state index in [4.69, 9.17) is 5.11 Å². The molecule has 0 spiro atoms. The average Bonchev–Trinajstić information content (AvgIpc) is 2.19. The first-order valence-electron chi connectivity index (χ1n) is 4.79. The quantitative estimate of drug-likeness (QED) is 0.737. The zero-order valence-corrected chi connectivity index (χ0v) is 8.03. The smallest absolute Gasteiger partial charge is 0.340 e. The van der Waals surface area contributed by atoms with E-state index in [0.717, 1.165) is 6.07 Å². The Balaban J connectivity index is 2.59. The molecule has 0 fully saturated rings. The van der Waals surface area contributed by atoms with Crippen LogP contribution in [0.15, 0.2) is 18.2 Å². The summed E-state index contributed by atoms with van der Waals surface area (Å²) < 4.78 is 13.0. The first-order valence-corrected chi connectivity index (χ1v) is 4.79. The van der Waals surface area contributed by atoms with Crippen LogP contribution in [0.4, 0.5) is 4.39 Å². The summed E-state index contributed by atoms with van der Waals surface area (Å²) in [7, 11) is 0.